The molecule has 170 valence electrons. The Balaban J connectivity index is 1.34. The molecule has 0 amide bonds. The molecule has 2 N–H and O–H groups in total. The first kappa shape index (κ1) is 22.8. The minimum atomic E-state index is -0.732. The Kier molecular flexibility index (Phi) is 7.17. The molecule has 0 aromatic heterocycles. The Hall–Kier alpha value is -2.36. The van der Waals surface area contributed by atoms with E-state index in [1.54, 1.807) is 0 Å². The fraction of sp³-hybridized carbons (Fsp3) is 0.448. The Morgan fingerprint density at radius 3 is 2.44 bits per heavy atom. The second-order valence-corrected chi connectivity index (χ2v) is 9.45. The van der Waals surface area contributed by atoms with Gasteiger partial charge in [-0.3, -0.25) is 0 Å². The predicted molar refractivity (Wildman–Crippen MR) is 133 cm³/mol. The quantitative estimate of drug-likeness (QED) is 0.393. The zero-order valence-electron chi connectivity index (χ0n) is 19.7. The summed E-state index contributed by atoms with van der Waals surface area (Å²) in [5.41, 5.74) is 2.04. The van der Waals surface area contributed by atoms with Crippen LogP contribution in [0.4, 0.5) is 0 Å². The lowest BCUT2D eigenvalue weighted by atomic mass is 9.96. The zero-order chi connectivity index (χ0) is 22.6. The van der Waals surface area contributed by atoms with Crippen molar-refractivity contribution in [2.24, 2.45) is 0 Å². The van der Waals surface area contributed by atoms with Crippen LogP contribution in [-0.2, 0) is 0 Å². The van der Waals surface area contributed by atoms with Crippen LogP contribution in [0.3, 0.4) is 0 Å². The van der Waals surface area contributed by atoms with Crippen LogP contribution in [0.15, 0.2) is 66.7 Å². The fourth-order valence-electron chi connectivity index (χ4n) is 5.02. The molecule has 1 saturated carbocycles. The molecule has 0 saturated heterocycles. The Morgan fingerprint density at radius 1 is 0.969 bits per heavy atom. The van der Waals surface area contributed by atoms with Crippen LogP contribution in [-0.4, -0.2) is 23.4 Å². The van der Waals surface area contributed by atoms with Crippen molar-refractivity contribution in [2.45, 2.75) is 76.5 Å². The normalized spacial score (nSPS) is 19.9. The van der Waals surface area contributed by atoms with E-state index in [-0.39, 0.29) is 0 Å². The van der Waals surface area contributed by atoms with E-state index in [4.69, 9.17) is 4.74 Å². The van der Waals surface area contributed by atoms with Gasteiger partial charge in [-0.25, -0.2) is 0 Å². The molecular weight excluding hydrogens is 394 g/mol. The molecular formula is C29H37NO2. The molecule has 3 atom stereocenters. The number of nitrogens with one attached hydrogen (secondary N) is 1. The lowest BCUT2D eigenvalue weighted by Crippen LogP contribution is -2.34. The van der Waals surface area contributed by atoms with Gasteiger partial charge in [0.05, 0.1) is 5.60 Å². The number of hydrogen-bond acceptors (Lipinski definition) is 3. The van der Waals surface area contributed by atoms with Gasteiger partial charge in [0, 0.05) is 12.1 Å². The van der Waals surface area contributed by atoms with Crippen LogP contribution in [0.2, 0.25) is 0 Å². The smallest absolute Gasteiger partial charge is 0.119 e. The monoisotopic (exact) mass is 431 g/mol. The van der Waals surface area contributed by atoms with Gasteiger partial charge in [-0.15, -0.1) is 0 Å². The van der Waals surface area contributed by atoms with Gasteiger partial charge in [0.25, 0.3) is 0 Å². The van der Waals surface area contributed by atoms with E-state index in [2.05, 4.69) is 79.0 Å². The summed E-state index contributed by atoms with van der Waals surface area (Å²) in [7, 11) is 0. The van der Waals surface area contributed by atoms with Gasteiger partial charge in [0.15, 0.2) is 0 Å². The van der Waals surface area contributed by atoms with Crippen LogP contribution in [0, 0.1) is 0 Å². The molecule has 3 aromatic carbocycles. The third-order valence-electron chi connectivity index (χ3n) is 7.38. The number of hydrogen-bond donors (Lipinski definition) is 2. The van der Waals surface area contributed by atoms with Gasteiger partial charge < -0.3 is 15.2 Å². The second-order valence-electron chi connectivity index (χ2n) is 9.45. The summed E-state index contributed by atoms with van der Waals surface area (Å²) in [5, 5.41) is 17.0. The van der Waals surface area contributed by atoms with Crippen molar-refractivity contribution in [1.29, 1.82) is 0 Å². The highest BCUT2D eigenvalue weighted by Gasteiger charge is 2.27. The van der Waals surface area contributed by atoms with Crippen molar-refractivity contribution in [2.75, 3.05) is 6.61 Å². The average molecular weight is 432 g/mol. The van der Waals surface area contributed by atoms with Crippen LogP contribution in [0.25, 0.3) is 10.8 Å². The van der Waals surface area contributed by atoms with Gasteiger partial charge >= 0.3 is 0 Å². The van der Waals surface area contributed by atoms with Gasteiger partial charge in [-0.2, -0.15) is 0 Å². The number of rotatable bonds is 9. The Labute approximate surface area is 192 Å². The topological polar surface area (TPSA) is 41.5 Å². The highest BCUT2D eigenvalue weighted by molar-refractivity contribution is 5.86. The summed E-state index contributed by atoms with van der Waals surface area (Å²) in [6.45, 7) is 6.64. The molecule has 4 rings (SSSR count). The van der Waals surface area contributed by atoms with E-state index in [0.717, 1.165) is 5.75 Å². The highest BCUT2D eigenvalue weighted by atomic mass is 16.5. The maximum Gasteiger partial charge on any atom is 0.119 e. The Morgan fingerprint density at radius 2 is 1.69 bits per heavy atom. The van der Waals surface area contributed by atoms with E-state index in [9.17, 15) is 5.11 Å². The summed E-state index contributed by atoms with van der Waals surface area (Å²) in [6.07, 6.45) is 4.99. The SMILES string of the molecule is CCC(O)(CC)COc1ccc([C@@H]2CC[C@H](N[C@H](C)c3cccc4ccccc34)C2)cc1. The predicted octanol–water partition coefficient (Wildman–Crippen LogP) is 6.76. The van der Waals surface area contributed by atoms with Gasteiger partial charge in [0.1, 0.15) is 12.4 Å². The van der Waals surface area contributed by atoms with Crippen LogP contribution >= 0.6 is 0 Å². The first-order chi connectivity index (χ1) is 15.5. The van der Waals surface area contributed by atoms with E-state index >= 15 is 0 Å². The molecule has 3 heteroatoms. The Bertz CT molecular complexity index is 1000. The van der Waals surface area contributed by atoms with Crippen molar-refractivity contribution in [3.05, 3.63) is 77.9 Å². The summed E-state index contributed by atoms with van der Waals surface area (Å²) >= 11 is 0. The first-order valence-corrected chi connectivity index (χ1v) is 12.2. The average Bonchev–Trinajstić information content (AvgIpc) is 3.31. The molecule has 3 aromatic rings. The molecule has 0 spiro atoms. The molecule has 0 bridgehead atoms. The van der Waals surface area contributed by atoms with Crippen LogP contribution in [0.1, 0.15) is 76.0 Å². The van der Waals surface area contributed by atoms with Crippen molar-refractivity contribution in [1.82, 2.24) is 5.32 Å². The second kappa shape index (κ2) is 10.1. The number of aliphatic hydroxyl groups is 1. The summed E-state index contributed by atoms with van der Waals surface area (Å²) in [5.74, 6) is 1.43. The highest BCUT2D eigenvalue weighted by Crippen LogP contribution is 2.36. The standard InChI is InChI=1S/C29H37NO2/c1-4-29(31,5-2)20-32-26-17-14-22(15-18-26)24-13-16-25(19-24)30-21(3)27-12-8-10-23-9-6-7-11-28(23)27/h6-12,14-15,17-18,21,24-25,30-31H,4-5,13,16,19-20H2,1-3H3/t21-,24-,25+/m1/s1. The van der Waals surface area contributed by atoms with Crippen molar-refractivity contribution in [3.63, 3.8) is 0 Å². The molecule has 3 nitrogen and oxygen atoms in total. The van der Waals surface area contributed by atoms with Crippen LogP contribution in [0.5, 0.6) is 5.75 Å². The third-order valence-corrected chi connectivity index (χ3v) is 7.38. The molecule has 1 aliphatic rings. The summed E-state index contributed by atoms with van der Waals surface area (Å²) in [4.78, 5) is 0. The molecule has 1 aliphatic carbocycles. The van der Waals surface area contributed by atoms with Crippen molar-refractivity contribution < 1.29 is 9.84 Å². The number of benzene rings is 3. The minimum absolute atomic E-state index is 0.330. The summed E-state index contributed by atoms with van der Waals surface area (Å²) < 4.78 is 5.87. The molecule has 0 aliphatic heterocycles. The van der Waals surface area contributed by atoms with Gasteiger partial charge in [-0.05, 0) is 79.0 Å². The van der Waals surface area contributed by atoms with Crippen molar-refractivity contribution in [3.8, 4) is 5.75 Å². The third kappa shape index (κ3) is 5.16. The zero-order valence-corrected chi connectivity index (χ0v) is 19.7. The largest absolute Gasteiger partial charge is 0.491 e. The summed E-state index contributed by atoms with van der Waals surface area (Å²) in [6, 6.07) is 24.6. The van der Waals surface area contributed by atoms with E-state index in [1.807, 2.05) is 13.8 Å². The lowest BCUT2D eigenvalue weighted by molar-refractivity contribution is -0.0113. The molecule has 1 fully saturated rings. The molecule has 0 unspecified atom stereocenters. The molecule has 0 heterocycles. The van der Waals surface area contributed by atoms with Gasteiger partial charge in [-0.1, -0.05) is 68.4 Å². The maximum atomic E-state index is 10.4. The number of fused-ring (bicyclic) bond motifs is 1. The number of ether oxygens (including phenoxy) is 1. The van der Waals surface area contributed by atoms with E-state index in [0.29, 0.717) is 37.5 Å². The molecule has 32 heavy (non-hydrogen) atoms. The van der Waals surface area contributed by atoms with Crippen LogP contribution < -0.4 is 10.1 Å². The minimum Gasteiger partial charge on any atom is -0.491 e. The molecule has 0 radical (unpaired) electrons. The van der Waals surface area contributed by atoms with Gasteiger partial charge in [0.2, 0.25) is 0 Å². The maximum absolute atomic E-state index is 10.4. The fourth-order valence-corrected chi connectivity index (χ4v) is 5.02. The van der Waals surface area contributed by atoms with E-state index in [1.165, 1.54) is 41.2 Å². The van der Waals surface area contributed by atoms with Crippen molar-refractivity contribution >= 4 is 10.8 Å². The lowest BCUT2D eigenvalue weighted by Gasteiger charge is -2.25. The first-order valence-electron chi connectivity index (χ1n) is 12.2. The van der Waals surface area contributed by atoms with E-state index < -0.39 is 5.60 Å².